The minimum atomic E-state index is -1.04. The van der Waals surface area contributed by atoms with Gasteiger partial charge in [0.25, 0.3) is 0 Å². The van der Waals surface area contributed by atoms with Crippen molar-refractivity contribution in [2.75, 3.05) is 12.8 Å². The fourth-order valence-electron chi connectivity index (χ4n) is 1.40. The molecule has 0 aromatic carbocycles. The number of carboxylic acid groups (broad SMARTS) is 1. The Balaban J connectivity index is 2.42. The molecule has 0 aliphatic heterocycles. The second-order valence-corrected chi connectivity index (χ2v) is 6.57. The lowest BCUT2D eigenvalue weighted by atomic mass is 10.1. The minimum Gasteiger partial charge on any atom is -0.480 e. The van der Waals surface area contributed by atoms with Crippen LogP contribution in [0, 0.1) is 0 Å². The third kappa shape index (κ3) is 3.89. The van der Waals surface area contributed by atoms with Crippen LogP contribution in [0.15, 0.2) is 0 Å². The number of thioether (sulfide) groups is 1. The lowest BCUT2D eigenvalue weighted by molar-refractivity contribution is -0.139. The molecule has 1 aliphatic carbocycles. The maximum atomic E-state index is 11.8. The Bertz CT molecular complexity index is 316. The quantitative estimate of drug-likeness (QED) is 0.728. The number of nitrogens with two attached hydrogens (primary N) is 1. The second kappa shape index (κ2) is 5.27. The first-order valence-electron chi connectivity index (χ1n) is 5.63. The minimum absolute atomic E-state index is 0.0446. The van der Waals surface area contributed by atoms with E-state index in [1.807, 2.05) is 0 Å². The number of carboxylic acids is 1. The van der Waals surface area contributed by atoms with Crippen LogP contribution in [0.5, 0.6) is 0 Å². The average molecular weight is 260 g/mol. The molecule has 5 nitrogen and oxygen atoms in total. The van der Waals surface area contributed by atoms with Gasteiger partial charge in [0.05, 0.1) is 5.75 Å². The van der Waals surface area contributed by atoms with Crippen molar-refractivity contribution in [1.29, 1.82) is 0 Å². The molecule has 0 spiro atoms. The highest BCUT2D eigenvalue weighted by Crippen LogP contribution is 2.30. The lowest BCUT2D eigenvalue weighted by Gasteiger charge is -2.28. The molecule has 1 aliphatic rings. The van der Waals surface area contributed by atoms with Gasteiger partial charge in [-0.25, -0.2) is 0 Å². The van der Waals surface area contributed by atoms with Gasteiger partial charge in [0.15, 0.2) is 0 Å². The number of rotatable bonds is 6. The number of hydrogen-bond acceptors (Lipinski definition) is 4. The van der Waals surface area contributed by atoms with Crippen LogP contribution in [0.1, 0.15) is 26.7 Å². The maximum absolute atomic E-state index is 11.8. The van der Waals surface area contributed by atoms with Gasteiger partial charge >= 0.3 is 5.97 Å². The Morgan fingerprint density at radius 1 is 1.53 bits per heavy atom. The highest BCUT2D eigenvalue weighted by atomic mass is 32.2. The molecule has 98 valence electrons. The SMILES string of the molecule is CN(C(=O)CSC(C)(C)[C@H](N)C(=O)O)C1CC1. The summed E-state index contributed by atoms with van der Waals surface area (Å²) in [5.41, 5.74) is 5.58. The average Bonchev–Trinajstić information content (AvgIpc) is 3.07. The Kier molecular flexibility index (Phi) is 4.43. The van der Waals surface area contributed by atoms with E-state index in [1.165, 1.54) is 11.8 Å². The fourth-order valence-corrected chi connectivity index (χ4v) is 2.38. The van der Waals surface area contributed by atoms with Gasteiger partial charge in [-0.15, -0.1) is 11.8 Å². The summed E-state index contributed by atoms with van der Waals surface area (Å²) in [5.74, 6) is -0.713. The molecule has 3 N–H and O–H groups in total. The standard InChI is InChI=1S/C11H20N2O3S/c1-11(2,9(12)10(15)16)17-6-8(14)13(3)7-4-5-7/h7,9H,4-6,12H2,1-3H3,(H,15,16)/t9-/m1/s1. The van der Waals surface area contributed by atoms with E-state index in [0.29, 0.717) is 6.04 Å². The predicted octanol–water partition coefficient (Wildman–Crippen LogP) is 0.531. The number of nitrogens with zero attached hydrogens (tertiary/aromatic N) is 1. The van der Waals surface area contributed by atoms with Crippen LogP contribution in [0.4, 0.5) is 0 Å². The molecule has 1 fully saturated rings. The molecular weight excluding hydrogens is 240 g/mol. The molecule has 0 unspecified atom stereocenters. The van der Waals surface area contributed by atoms with E-state index in [4.69, 9.17) is 10.8 Å². The highest BCUT2D eigenvalue weighted by molar-refractivity contribution is 8.01. The van der Waals surface area contributed by atoms with Crippen LogP contribution < -0.4 is 5.73 Å². The monoisotopic (exact) mass is 260 g/mol. The largest absolute Gasteiger partial charge is 0.480 e. The van der Waals surface area contributed by atoms with Crippen LogP contribution in [-0.4, -0.2) is 51.5 Å². The van der Waals surface area contributed by atoms with Crippen molar-refractivity contribution >= 4 is 23.6 Å². The number of carbonyl (C=O) groups excluding carboxylic acids is 1. The topological polar surface area (TPSA) is 83.6 Å². The smallest absolute Gasteiger partial charge is 0.321 e. The highest BCUT2D eigenvalue weighted by Gasteiger charge is 2.35. The van der Waals surface area contributed by atoms with Crippen molar-refractivity contribution in [2.45, 2.75) is 43.5 Å². The first-order valence-corrected chi connectivity index (χ1v) is 6.62. The molecule has 1 amide bonds. The Morgan fingerprint density at radius 2 is 2.06 bits per heavy atom. The third-order valence-electron chi connectivity index (χ3n) is 3.07. The number of carbonyl (C=O) groups is 2. The van der Waals surface area contributed by atoms with Crippen LogP contribution >= 0.6 is 11.8 Å². The van der Waals surface area contributed by atoms with Gasteiger partial charge in [0, 0.05) is 17.8 Å². The summed E-state index contributed by atoms with van der Waals surface area (Å²) in [6.45, 7) is 3.50. The summed E-state index contributed by atoms with van der Waals surface area (Å²) in [7, 11) is 1.80. The third-order valence-corrected chi connectivity index (χ3v) is 4.46. The van der Waals surface area contributed by atoms with Crippen LogP contribution in [0.25, 0.3) is 0 Å². The predicted molar refractivity (Wildman–Crippen MR) is 67.9 cm³/mol. The van der Waals surface area contributed by atoms with Crippen molar-refractivity contribution in [3.05, 3.63) is 0 Å². The maximum Gasteiger partial charge on any atom is 0.321 e. The summed E-state index contributed by atoms with van der Waals surface area (Å²) in [6, 6.07) is -0.578. The zero-order valence-corrected chi connectivity index (χ0v) is 11.3. The number of aliphatic carboxylic acids is 1. The van der Waals surface area contributed by atoms with Crippen LogP contribution in [0.2, 0.25) is 0 Å². The van der Waals surface area contributed by atoms with Crippen molar-refractivity contribution < 1.29 is 14.7 Å². The summed E-state index contributed by atoms with van der Waals surface area (Å²) in [5, 5.41) is 8.86. The normalized spacial score (nSPS) is 17.6. The summed E-state index contributed by atoms with van der Waals surface area (Å²) in [6.07, 6.45) is 2.15. The molecule has 6 heteroatoms. The van der Waals surface area contributed by atoms with Gasteiger partial charge in [-0.2, -0.15) is 0 Å². The Morgan fingerprint density at radius 3 is 2.47 bits per heavy atom. The zero-order chi connectivity index (χ0) is 13.2. The van der Waals surface area contributed by atoms with E-state index >= 15 is 0 Å². The molecule has 17 heavy (non-hydrogen) atoms. The Labute approximate surface area is 106 Å². The first kappa shape index (κ1) is 14.3. The van der Waals surface area contributed by atoms with Gasteiger partial charge in [-0.1, -0.05) is 0 Å². The molecular formula is C11H20N2O3S. The van der Waals surface area contributed by atoms with E-state index in [9.17, 15) is 9.59 Å². The number of hydrogen-bond donors (Lipinski definition) is 2. The molecule has 1 atom stereocenters. The molecule has 0 bridgehead atoms. The Hall–Kier alpha value is -0.750. The molecule has 0 aromatic heterocycles. The van der Waals surface area contributed by atoms with Crippen molar-refractivity contribution in [2.24, 2.45) is 5.73 Å². The van der Waals surface area contributed by atoms with Crippen molar-refractivity contribution in [3.8, 4) is 0 Å². The van der Waals surface area contributed by atoms with E-state index in [1.54, 1.807) is 25.8 Å². The lowest BCUT2D eigenvalue weighted by Crippen LogP contribution is -2.47. The molecule has 0 saturated heterocycles. The molecule has 0 radical (unpaired) electrons. The fraction of sp³-hybridized carbons (Fsp3) is 0.818. The van der Waals surface area contributed by atoms with E-state index in [0.717, 1.165) is 12.8 Å². The van der Waals surface area contributed by atoms with Gasteiger partial charge < -0.3 is 15.7 Å². The summed E-state index contributed by atoms with van der Waals surface area (Å²) in [4.78, 5) is 24.3. The molecule has 0 heterocycles. The van der Waals surface area contributed by atoms with E-state index in [2.05, 4.69) is 0 Å². The van der Waals surface area contributed by atoms with E-state index < -0.39 is 16.8 Å². The van der Waals surface area contributed by atoms with Gasteiger partial charge in [-0.05, 0) is 26.7 Å². The van der Waals surface area contributed by atoms with Crippen molar-refractivity contribution in [1.82, 2.24) is 4.90 Å². The van der Waals surface area contributed by atoms with Gasteiger partial charge in [0.1, 0.15) is 6.04 Å². The van der Waals surface area contributed by atoms with Crippen molar-refractivity contribution in [3.63, 3.8) is 0 Å². The molecule has 0 aromatic rings. The summed E-state index contributed by atoms with van der Waals surface area (Å²) >= 11 is 1.30. The number of amides is 1. The second-order valence-electron chi connectivity index (χ2n) is 4.94. The zero-order valence-electron chi connectivity index (χ0n) is 10.5. The van der Waals surface area contributed by atoms with Gasteiger partial charge in [-0.3, -0.25) is 9.59 Å². The van der Waals surface area contributed by atoms with Crippen LogP contribution in [0.3, 0.4) is 0 Å². The van der Waals surface area contributed by atoms with Crippen LogP contribution in [-0.2, 0) is 9.59 Å². The summed E-state index contributed by atoms with van der Waals surface area (Å²) < 4.78 is -0.647. The van der Waals surface area contributed by atoms with E-state index in [-0.39, 0.29) is 11.7 Å². The van der Waals surface area contributed by atoms with Gasteiger partial charge in [0.2, 0.25) is 5.91 Å². The molecule has 1 saturated carbocycles. The molecule has 1 rings (SSSR count). The first-order chi connectivity index (χ1) is 7.75.